The maximum absolute atomic E-state index is 12.1. The summed E-state index contributed by atoms with van der Waals surface area (Å²) in [6.07, 6.45) is 10.4. The first kappa shape index (κ1) is 19.8. The third-order valence-electron chi connectivity index (χ3n) is 2.94. The first-order valence-corrected chi connectivity index (χ1v) is 7.54. The van der Waals surface area contributed by atoms with Crippen molar-refractivity contribution in [3.05, 3.63) is 0 Å². The van der Waals surface area contributed by atoms with Gasteiger partial charge in [-0.15, -0.1) is 6.42 Å². The van der Waals surface area contributed by atoms with E-state index in [2.05, 4.69) is 41.8 Å². The molecule has 2 N–H and O–H groups in total. The Balaban J connectivity index is 4.61. The first-order valence-electron chi connectivity index (χ1n) is 7.54. The fraction of sp³-hybridized carbons (Fsp3) is 0.556. The minimum Gasteiger partial charge on any atom is -0.395 e. The van der Waals surface area contributed by atoms with Crippen molar-refractivity contribution < 1.29 is 14.7 Å². The molecular formula is C18H23NO3. The predicted octanol–water partition coefficient (Wildman–Crippen LogP) is 1.28. The zero-order valence-electron chi connectivity index (χ0n) is 13.1. The van der Waals surface area contributed by atoms with Gasteiger partial charge in [0.05, 0.1) is 6.61 Å². The van der Waals surface area contributed by atoms with Crippen LogP contribution in [0.5, 0.6) is 0 Å². The Labute approximate surface area is 133 Å². The van der Waals surface area contributed by atoms with Crippen LogP contribution in [0.1, 0.15) is 45.4 Å². The van der Waals surface area contributed by atoms with Crippen LogP contribution in [-0.2, 0) is 9.59 Å². The van der Waals surface area contributed by atoms with Gasteiger partial charge in [0.25, 0.3) is 0 Å². The summed E-state index contributed by atoms with van der Waals surface area (Å²) in [5.41, 5.74) is 0. The van der Waals surface area contributed by atoms with E-state index in [9.17, 15) is 9.59 Å². The van der Waals surface area contributed by atoms with Crippen molar-refractivity contribution in [2.75, 3.05) is 13.2 Å². The monoisotopic (exact) mass is 301 g/mol. The van der Waals surface area contributed by atoms with Gasteiger partial charge in [-0.3, -0.25) is 9.59 Å². The molecule has 1 atom stereocenters. The van der Waals surface area contributed by atoms with Gasteiger partial charge in [0.2, 0.25) is 5.91 Å². The van der Waals surface area contributed by atoms with Crippen LogP contribution in [-0.4, -0.2) is 29.9 Å². The average molecular weight is 301 g/mol. The molecule has 4 heteroatoms. The predicted molar refractivity (Wildman–Crippen MR) is 86.4 cm³/mol. The molecule has 118 valence electrons. The van der Waals surface area contributed by atoms with Crippen LogP contribution in [0.2, 0.25) is 0 Å². The minimum absolute atomic E-state index is 0.0941. The molecule has 0 aromatic rings. The van der Waals surface area contributed by atoms with Crippen molar-refractivity contribution in [2.24, 2.45) is 5.92 Å². The van der Waals surface area contributed by atoms with Crippen molar-refractivity contribution in [3.8, 4) is 36.0 Å². The number of Topliss-reactive ketones (excluding diaryl/α,β-unsaturated/α-hetero) is 1. The minimum atomic E-state index is -1.05. The van der Waals surface area contributed by atoms with Crippen LogP contribution in [0.15, 0.2) is 0 Å². The molecule has 0 fully saturated rings. The zero-order valence-corrected chi connectivity index (χ0v) is 13.1. The largest absolute Gasteiger partial charge is 0.395 e. The third-order valence-corrected chi connectivity index (χ3v) is 2.94. The van der Waals surface area contributed by atoms with E-state index < -0.39 is 11.8 Å². The summed E-state index contributed by atoms with van der Waals surface area (Å²) in [6, 6.07) is 0. The lowest BCUT2D eigenvalue weighted by Gasteiger charge is -2.09. The van der Waals surface area contributed by atoms with Crippen LogP contribution in [0.25, 0.3) is 0 Å². The zero-order chi connectivity index (χ0) is 16.6. The highest BCUT2D eigenvalue weighted by Crippen LogP contribution is 2.09. The molecule has 0 rings (SSSR count). The summed E-state index contributed by atoms with van der Waals surface area (Å²) in [7, 11) is 0. The number of aliphatic hydroxyl groups is 1. The van der Waals surface area contributed by atoms with E-state index in [1.54, 1.807) is 0 Å². The van der Waals surface area contributed by atoms with Gasteiger partial charge in [0.15, 0.2) is 11.7 Å². The normalized spacial score (nSPS) is 10.2. The number of rotatable bonds is 10. The van der Waals surface area contributed by atoms with Gasteiger partial charge in [0, 0.05) is 13.0 Å². The average Bonchev–Trinajstić information content (AvgIpc) is 2.52. The Hall–Kier alpha value is -2.22. The smallest absolute Gasteiger partial charge is 0.242 e. The highest BCUT2D eigenvalue weighted by molar-refractivity contribution is 6.04. The molecule has 0 spiro atoms. The molecule has 0 aromatic heterocycles. The molecule has 22 heavy (non-hydrogen) atoms. The molecule has 1 unspecified atom stereocenters. The summed E-state index contributed by atoms with van der Waals surface area (Å²) in [5.74, 6) is 10.0. The Morgan fingerprint density at radius 3 is 2.50 bits per heavy atom. The van der Waals surface area contributed by atoms with Crippen LogP contribution < -0.4 is 5.32 Å². The first-order chi connectivity index (χ1) is 10.7. The summed E-state index contributed by atoms with van der Waals surface area (Å²) in [4.78, 5) is 24.0. The molecule has 0 saturated heterocycles. The van der Waals surface area contributed by atoms with E-state index in [1.165, 1.54) is 0 Å². The summed E-state index contributed by atoms with van der Waals surface area (Å²) in [5, 5.41) is 11.2. The van der Waals surface area contributed by atoms with Gasteiger partial charge in [-0.25, -0.2) is 0 Å². The molecule has 0 aliphatic heterocycles. The number of ketones is 1. The lowest BCUT2D eigenvalue weighted by atomic mass is 9.98. The second-order valence-corrected chi connectivity index (χ2v) is 4.74. The highest BCUT2D eigenvalue weighted by atomic mass is 16.3. The molecule has 0 radical (unpaired) electrons. The lowest BCUT2D eigenvalue weighted by Crippen LogP contribution is -2.36. The number of hydrogen-bond donors (Lipinski definition) is 2. The summed E-state index contributed by atoms with van der Waals surface area (Å²) in [6.45, 7) is 2.03. The maximum Gasteiger partial charge on any atom is 0.242 e. The number of hydrogen-bond acceptors (Lipinski definition) is 3. The lowest BCUT2D eigenvalue weighted by molar-refractivity contribution is -0.131. The van der Waals surface area contributed by atoms with Crippen LogP contribution >= 0.6 is 0 Å². The van der Waals surface area contributed by atoms with Crippen molar-refractivity contribution in [2.45, 2.75) is 45.4 Å². The van der Waals surface area contributed by atoms with Gasteiger partial charge in [-0.05, 0) is 30.1 Å². The quantitative estimate of drug-likeness (QED) is 0.363. The fourth-order valence-corrected chi connectivity index (χ4v) is 1.80. The maximum atomic E-state index is 12.1. The molecule has 0 aliphatic rings. The molecule has 0 heterocycles. The van der Waals surface area contributed by atoms with Crippen molar-refractivity contribution in [1.82, 2.24) is 5.32 Å². The Morgan fingerprint density at radius 1 is 1.14 bits per heavy atom. The third kappa shape index (κ3) is 9.65. The number of carbonyl (C=O) groups excluding carboxylic acids is 2. The molecule has 0 aliphatic carbocycles. The summed E-state index contributed by atoms with van der Waals surface area (Å²) < 4.78 is 0. The molecule has 0 aromatic carbocycles. The Morgan fingerprint density at radius 2 is 1.86 bits per heavy atom. The Bertz CT molecular complexity index is 508. The van der Waals surface area contributed by atoms with E-state index in [0.29, 0.717) is 6.42 Å². The topological polar surface area (TPSA) is 66.4 Å². The number of carbonyl (C=O) groups is 2. The fourth-order valence-electron chi connectivity index (χ4n) is 1.80. The van der Waals surface area contributed by atoms with Gasteiger partial charge >= 0.3 is 0 Å². The SMILES string of the molecule is C#CC#CC#CC(C(=O)CCCCCCC)C(=O)NCCO. The Kier molecular flexibility index (Phi) is 12.4. The number of aliphatic hydroxyl groups excluding tert-OH is 1. The van der Waals surface area contributed by atoms with E-state index in [1.807, 2.05) is 0 Å². The molecular weight excluding hydrogens is 278 g/mol. The number of nitrogens with one attached hydrogen (secondary N) is 1. The van der Waals surface area contributed by atoms with Gasteiger partial charge in [-0.2, -0.15) is 0 Å². The highest BCUT2D eigenvalue weighted by Gasteiger charge is 2.23. The molecule has 4 nitrogen and oxygen atoms in total. The number of unbranched alkanes of at least 4 members (excludes halogenated alkanes) is 4. The molecule has 1 amide bonds. The van der Waals surface area contributed by atoms with E-state index in [0.717, 1.165) is 32.1 Å². The van der Waals surface area contributed by atoms with Crippen LogP contribution in [0.4, 0.5) is 0 Å². The van der Waals surface area contributed by atoms with Gasteiger partial charge < -0.3 is 10.4 Å². The second-order valence-electron chi connectivity index (χ2n) is 4.74. The van der Waals surface area contributed by atoms with Crippen molar-refractivity contribution in [1.29, 1.82) is 0 Å². The van der Waals surface area contributed by atoms with E-state index >= 15 is 0 Å². The molecule has 0 saturated carbocycles. The summed E-state index contributed by atoms with van der Waals surface area (Å²) >= 11 is 0. The standard InChI is InChI=1S/C18H23NO3/c1-3-5-7-9-11-13-17(21)16(12-10-8-6-4-2)18(22)19-14-15-20/h2,16,20H,3,5,7,9,11,13-15H2,1H3,(H,19,22). The van der Waals surface area contributed by atoms with E-state index in [4.69, 9.17) is 11.5 Å². The van der Waals surface area contributed by atoms with Crippen molar-refractivity contribution >= 4 is 11.7 Å². The molecule has 0 bridgehead atoms. The number of terminal acetylenes is 1. The van der Waals surface area contributed by atoms with E-state index in [-0.39, 0.29) is 18.9 Å². The second kappa shape index (κ2) is 13.7. The van der Waals surface area contributed by atoms with Gasteiger partial charge in [-0.1, -0.05) is 38.5 Å². The van der Waals surface area contributed by atoms with Crippen LogP contribution in [0, 0.1) is 41.9 Å². The van der Waals surface area contributed by atoms with Crippen LogP contribution in [0.3, 0.4) is 0 Å². The van der Waals surface area contributed by atoms with Gasteiger partial charge in [0.1, 0.15) is 0 Å². The number of amides is 1. The van der Waals surface area contributed by atoms with Crippen molar-refractivity contribution in [3.63, 3.8) is 0 Å².